The molecule has 0 atom stereocenters. The molecule has 0 N–H and O–H groups in total. The lowest BCUT2D eigenvalue weighted by Gasteiger charge is -2.34. The van der Waals surface area contributed by atoms with E-state index in [9.17, 15) is 13.2 Å². The van der Waals surface area contributed by atoms with E-state index in [1.165, 1.54) is 4.31 Å². The normalized spacial score (nSPS) is 21.4. The molecule has 1 aromatic heterocycles. The van der Waals surface area contributed by atoms with Gasteiger partial charge in [0.25, 0.3) is 0 Å². The number of aromatic nitrogens is 1. The van der Waals surface area contributed by atoms with Crippen LogP contribution >= 0.6 is 0 Å². The summed E-state index contributed by atoms with van der Waals surface area (Å²) in [6.07, 6.45) is 0.919. The standard InChI is InChI=1S/C13H19N3O5S/c1-9-12(10(2)21-14-9)22(18,19)15-5-3-11(4-6-15)16-7-8-20-13(16)17/h11H,3-8H2,1-2H3. The molecule has 0 aliphatic carbocycles. The first-order chi connectivity index (χ1) is 10.4. The number of sulfonamides is 1. The number of aryl methyl sites for hydroxylation is 2. The van der Waals surface area contributed by atoms with Crippen molar-refractivity contribution in [2.75, 3.05) is 26.2 Å². The Morgan fingerprint density at radius 1 is 1.18 bits per heavy atom. The summed E-state index contributed by atoms with van der Waals surface area (Å²) in [4.78, 5) is 13.4. The maximum atomic E-state index is 12.7. The highest BCUT2D eigenvalue weighted by Crippen LogP contribution is 2.27. The Kier molecular flexibility index (Phi) is 3.85. The van der Waals surface area contributed by atoms with Gasteiger partial charge in [-0.25, -0.2) is 13.2 Å². The number of ether oxygens (including phenoxy) is 1. The summed E-state index contributed by atoms with van der Waals surface area (Å²) >= 11 is 0. The van der Waals surface area contributed by atoms with Crippen LogP contribution in [-0.4, -0.2) is 61.2 Å². The maximum absolute atomic E-state index is 12.7. The van der Waals surface area contributed by atoms with Crippen LogP contribution in [0, 0.1) is 13.8 Å². The van der Waals surface area contributed by atoms with E-state index in [0.717, 1.165) is 0 Å². The second-order valence-electron chi connectivity index (χ2n) is 5.60. The first-order valence-corrected chi connectivity index (χ1v) is 8.71. The molecule has 122 valence electrons. The number of carbonyl (C=O) groups excluding carboxylic acids is 1. The average molecular weight is 329 g/mol. The summed E-state index contributed by atoms with van der Waals surface area (Å²) in [5, 5.41) is 3.71. The van der Waals surface area contributed by atoms with Crippen LogP contribution in [0.25, 0.3) is 0 Å². The zero-order valence-electron chi connectivity index (χ0n) is 12.6. The van der Waals surface area contributed by atoms with Crippen molar-refractivity contribution >= 4 is 16.1 Å². The molecule has 2 saturated heterocycles. The highest BCUT2D eigenvalue weighted by molar-refractivity contribution is 7.89. The van der Waals surface area contributed by atoms with E-state index in [0.29, 0.717) is 50.5 Å². The zero-order chi connectivity index (χ0) is 15.9. The molecular weight excluding hydrogens is 310 g/mol. The maximum Gasteiger partial charge on any atom is 0.410 e. The van der Waals surface area contributed by atoms with Crippen molar-refractivity contribution in [3.63, 3.8) is 0 Å². The van der Waals surface area contributed by atoms with E-state index in [-0.39, 0.29) is 17.0 Å². The summed E-state index contributed by atoms with van der Waals surface area (Å²) < 4.78 is 36.7. The third-order valence-electron chi connectivity index (χ3n) is 4.22. The number of amides is 1. The zero-order valence-corrected chi connectivity index (χ0v) is 13.4. The van der Waals surface area contributed by atoms with Crippen molar-refractivity contribution in [2.24, 2.45) is 0 Å². The third-order valence-corrected chi connectivity index (χ3v) is 6.37. The van der Waals surface area contributed by atoms with E-state index >= 15 is 0 Å². The number of rotatable bonds is 3. The van der Waals surface area contributed by atoms with Gasteiger partial charge in [-0.2, -0.15) is 4.31 Å². The monoisotopic (exact) mass is 329 g/mol. The van der Waals surface area contributed by atoms with E-state index in [2.05, 4.69) is 5.16 Å². The molecule has 22 heavy (non-hydrogen) atoms. The third kappa shape index (κ3) is 2.48. The number of hydrogen-bond acceptors (Lipinski definition) is 6. The van der Waals surface area contributed by atoms with Gasteiger partial charge >= 0.3 is 6.09 Å². The quantitative estimate of drug-likeness (QED) is 0.818. The van der Waals surface area contributed by atoms with Gasteiger partial charge in [-0.1, -0.05) is 5.16 Å². The van der Waals surface area contributed by atoms with E-state index < -0.39 is 10.0 Å². The van der Waals surface area contributed by atoms with E-state index in [1.807, 2.05) is 0 Å². The number of nitrogens with zero attached hydrogens (tertiary/aromatic N) is 3. The Morgan fingerprint density at radius 3 is 2.36 bits per heavy atom. The van der Waals surface area contributed by atoms with Gasteiger partial charge in [0.1, 0.15) is 17.2 Å². The molecule has 2 fully saturated rings. The number of carbonyl (C=O) groups is 1. The summed E-state index contributed by atoms with van der Waals surface area (Å²) in [5.74, 6) is 0.308. The molecule has 0 radical (unpaired) electrons. The molecule has 2 aliphatic rings. The van der Waals surface area contributed by atoms with Gasteiger partial charge in [0.05, 0.1) is 6.54 Å². The Morgan fingerprint density at radius 2 is 1.86 bits per heavy atom. The van der Waals surface area contributed by atoms with E-state index in [1.54, 1.807) is 18.7 Å². The van der Waals surface area contributed by atoms with Gasteiger partial charge in [0.2, 0.25) is 10.0 Å². The lowest BCUT2D eigenvalue weighted by atomic mass is 10.1. The molecule has 0 unspecified atom stereocenters. The molecule has 1 amide bonds. The van der Waals surface area contributed by atoms with Crippen LogP contribution in [0.2, 0.25) is 0 Å². The summed E-state index contributed by atoms with van der Waals surface area (Å²) in [6.45, 7) is 4.97. The molecule has 8 nitrogen and oxygen atoms in total. The number of piperidine rings is 1. The molecule has 1 aromatic rings. The van der Waals surface area contributed by atoms with Crippen molar-refractivity contribution in [3.8, 4) is 0 Å². The summed E-state index contributed by atoms with van der Waals surface area (Å²) in [5.41, 5.74) is 0.378. The Labute approximate surface area is 129 Å². The number of hydrogen-bond donors (Lipinski definition) is 0. The minimum Gasteiger partial charge on any atom is -0.448 e. The van der Waals surface area contributed by atoms with Gasteiger partial charge in [-0.05, 0) is 26.7 Å². The molecule has 9 heteroatoms. The lowest BCUT2D eigenvalue weighted by Crippen LogP contribution is -2.47. The smallest absolute Gasteiger partial charge is 0.410 e. The van der Waals surface area contributed by atoms with Crippen LogP contribution in [0.4, 0.5) is 4.79 Å². The van der Waals surface area contributed by atoms with Crippen molar-refractivity contribution < 1.29 is 22.5 Å². The summed E-state index contributed by atoms with van der Waals surface area (Å²) in [6, 6.07) is 0.0473. The molecule has 0 saturated carbocycles. The fraction of sp³-hybridized carbons (Fsp3) is 0.692. The minimum atomic E-state index is -3.60. The molecule has 3 heterocycles. The van der Waals surface area contributed by atoms with Crippen LogP contribution in [-0.2, 0) is 14.8 Å². The van der Waals surface area contributed by atoms with Crippen molar-refractivity contribution in [1.29, 1.82) is 0 Å². The first-order valence-electron chi connectivity index (χ1n) is 7.27. The van der Waals surface area contributed by atoms with E-state index in [4.69, 9.17) is 9.26 Å². The second-order valence-corrected chi connectivity index (χ2v) is 7.47. The predicted molar refractivity (Wildman–Crippen MR) is 75.8 cm³/mol. The van der Waals surface area contributed by atoms with Gasteiger partial charge < -0.3 is 14.2 Å². The van der Waals surface area contributed by atoms with Crippen molar-refractivity contribution in [3.05, 3.63) is 11.5 Å². The highest BCUT2D eigenvalue weighted by Gasteiger charge is 2.37. The second kappa shape index (κ2) is 5.54. The fourth-order valence-corrected chi connectivity index (χ4v) is 4.86. The van der Waals surface area contributed by atoms with Crippen LogP contribution in [0.5, 0.6) is 0 Å². The van der Waals surface area contributed by atoms with Gasteiger partial charge in [-0.15, -0.1) is 0 Å². The van der Waals surface area contributed by atoms with Crippen molar-refractivity contribution in [2.45, 2.75) is 37.6 Å². The van der Waals surface area contributed by atoms with Crippen LogP contribution in [0.1, 0.15) is 24.3 Å². The SMILES string of the molecule is Cc1noc(C)c1S(=O)(=O)N1CCC(N2CCOC2=O)CC1. The molecule has 3 rings (SSSR count). The van der Waals surface area contributed by atoms with Crippen LogP contribution < -0.4 is 0 Å². The number of cyclic esters (lactones) is 1. The van der Waals surface area contributed by atoms with Gasteiger partial charge in [-0.3, -0.25) is 0 Å². The Hall–Kier alpha value is -1.61. The molecule has 2 aliphatic heterocycles. The lowest BCUT2D eigenvalue weighted by molar-refractivity contribution is 0.134. The summed E-state index contributed by atoms with van der Waals surface area (Å²) in [7, 11) is -3.60. The van der Waals surface area contributed by atoms with Crippen LogP contribution in [0.3, 0.4) is 0 Å². The Balaban J connectivity index is 1.72. The molecular formula is C13H19N3O5S. The topological polar surface area (TPSA) is 93.0 Å². The van der Waals surface area contributed by atoms with Crippen LogP contribution in [0.15, 0.2) is 9.42 Å². The molecule has 0 aromatic carbocycles. The fourth-order valence-electron chi connectivity index (χ4n) is 3.10. The van der Waals surface area contributed by atoms with Crippen molar-refractivity contribution in [1.82, 2.24) is 14.4 Å². The van der Waals surface area contributed by atoms with Gasteiger partial charge in [0.15, 0.2) is 5.76 Å². The van der Waals surface area contributed by atoms with Gasteiger partial charge in [0, 0.05) is 19.1 Å². The Bertz CT molecular complexity index is 656. The predicted octanol–water partition coefficient (Wildman–Crippen LogP) is 0.897. The average Bonchev–Trinajstić information content (AvgIpc) is 3.05. The first kappa shape index (κ1) is 15.3. The minimum absolute atomic E-state index is 0.0473. The molecule has 0 spiro atoms. The largest absolute Gasteiger partial charge is 0.448 e. The highest BCUT2D eigenvalue weighted by atomic mass is 32.2. The molecule has 0 bridgehead atoms.